The minimum Gasteiger partial charge on any atom is -0.256 e. The van der Waals surface area contributed by atoms with E-state index in [1.54, 1.807) is 0 Å². The zero-order chi connectivity index (χ0) is 72.1. The topological polar surface area (TPSA) is 38.7 Å². The molecule has 3 atom stereocenters. The normalized spacial score (nSPS) is 14.9. The van der Waals surface area contributed by atoms with Gasteiger partial charge in [-0.25, -0.2) is 0 Å². The summed E-state index contributed by atoms with van der Waals surface area (Å²) >= 11 is 0. The summed E-state index contributed by atoms with van der Waals surface area (Å²) in [5, 5.41) is 38.3. The van der Waals surface area contributed by atoms with Crippen LogP contribution in [-0.2, 0) is 60.3 Å². The van der Waals surface area contributed by atoms with Gasteiger partial charge in [0, 0.05) is 89.4 Å². The van der Waals surface area contributed by atoms with Crippen molar-refractivity contribution in [2.24, 2.45) is 0 Å². The van der Waals surface area contributed by atoms with Crippen LogP contribution in [0, 0.1) is 18.2 Å². The van der Waals surface area contributed by atoms with Gasteiger partial charge in [0.2, 0.25) is 0 Å². The summed E-state index contributed by atoms with van der Waals surface area (Å²) in [7, 11) is -12.8. The monoisotopic (exact) mass is 2080 g/mol. The molecular formula is C99H67Ir3N3P3Si4-3. The van der Waals surface area contributed by atoms with Crippen molar-refractivity contribution in [1.29, 1.82) is 0 Å². The Hall–Kier alpha value is -9.62. The van der Waals surface area contributed by atoms with Gasteiger partial charge in [0.25, 0.3) is 0 Å². The molecule has 539 valence electrons. The van der Waals surface area contributed by atoms with Crippen LogP contribution in [0.5, 0.6) is 0 Å². The van der Waals surface area contributed by atoms with Crippen LogP contribution in [0.1, 0.15) is 0 Å². The molecule has 19 aromatic rings. The van der Waals surface area contributed by atoms with Crippen LogP contribution >= 0.6 is 23.0 Å². The SMILES string of the molecule is [Ir].[Ir].[Ir].[c-]1cccc2c1-p1c3ncccc3c3cccc(c31)[Si]2(c1ccccc1)c1ccccc1.[c-]1cccc2c1P1c3ncccc3[Si](c3ccccc3)(c3ccccc3)c3cccc(c31)[Si]2(c1ccccc1)c1ccccc1.[c-]1cccc2c3cccc4c3p(c12)-c1ncccc1[Si]4(c1ccccc1)c1ccccc1. The Balaban J connectivity index is 0.000000118. The van der Waals surface area contributed by atoms with E-state index in [0.29, 0.717) is 0 Å². The Morgan fingerprint density at radius 3 is 1.00 bits per heavy atom. The second kappa shape index (κ2) is 30.4. The average Bonchev–Trinajstić information content (AvgIpc) is 0.884. The Morgan fingerprint density at radius 1 is 0.223 bits per heavy atom. The van der Waals surface area contributed by atoms with Crippen molar-refractivity contribution < 1.29 is 60.3 Å². The van der Waals surface area contributed by atoms with Gasteiger partial charge in [0.15, 0.2) is 16.1 Å². The van der Waals surface area contributed by atoms with Crippen LogP contribution in [0.4, 0.5) is 0 Å². The van der Waals surface area contributed by atoms with Crippen LogP contribution in [0.25, 0.3) is 52.9 Å². The van der Waals surface area contributed by atoms with Crippen molar-refractivity contribution in [3.63, 3.8) is 0 Å². The van der Waals surface area contributed by atoms with Crippen LogP contribution in [0.15, 0.2) is 407 Å². The van der Waals surface area contributed by atoms with E-state index in [-0.39, 0.29) is 60.3 Å². The Bertz CT molecular complexity index is 6150. The summed E-state index contributed by atoms with van der Waals surface area (Å²) in [6, 6.07) is 156. The second-order valence-corrected chi connectivity index (χ2v) is 49.4. The maximum atomic E-state index is 5.34. The van der Waals surface area contributed by atoms with Crippen LogP contribution in [0.2, 0.25) is 0 Å². The van der Waals surface area contributed by atoms with E-state index >= 15 is 0 Å². The molecule has 0 N–H and O–H groups in total. The first-order valence-corrected chi connectivity index (χ1v) is 49.3. The first-order valence-electron chi connectivity index (χ1n) is 37.3. The van der Waals surface area contributed by atoms with Gasteiger partial charge >= 0.3 is 0 Å². The molecule has 3 nitrogen and oxygen atoms in total. The fraction of sp³-hybridized carbons (Fsp3) is 0. The van der Waals surface area contributed by atoms with E-state index in [9.17, 15) is 0 Å². The van der Waals surface area contributed by atoms with Crippen LogP contribution < -0.4 is 99.0 Å². The molecule has 112 heavy (non-hydrogen) atoms. The molecule has 3 radical (unpaired) electrons. The number of fused-ring (bicyclic) bond motifs is 14. The third kappa shape index (κ3) is 10.8. The number of rotatable bonds is 8. The Morgan fingerprint density at radius 2 is 0.527 bits per heavy atom. The maximum Gasteiger partial charge on any atom is 0.183 e. The minimum absolute atomic E-state index is 0. The largest absolute Gasteiger partial charge is 0.256 e. The summed E-state index contributed by atoms with van der Waals surface area (Å²) in [5.74, 6) is 0. The fourth-order valence-corrected chi connectivity index (χ4v) is 53.0. The number of aromatic nitrogens is 3. The predicted octanol–water partition coefficient (Wildman–Crippen LogP) is 11.7. The van der Waals surface area contributed by atoms with E-state index in [1.165, 1.54) is 152 Å². The van der Waals surface area contributed by atoms with Crippen molar-refractivity contribution in [1.82, 2.24) is 15.0 Å². The fourth-order valence-electron chi connectivity index (χ4n) is 19.4. The van der Waals surface area contributed by atoms with E-state index in [1.807, 2.05) is 18.6 Å². The number of hydrogen-bond acceptors (Lipinski definition) is 3. The third-order valence-electron chi connectivity index (χ3n) is 23.4. The molecule has 4 aliphatic rings. The quantitative estimate of drug-likeness (QED) is 0.0865. The number of nitrogens with zero attached hydrogens (tertiary/aromatic N) is 3. The molecule has 0 spiro atoms. The molecule has 0 fully saturated rings. The molecule has 0 aliphatic carbocycles. The number of benzene rings is 14. The molecule has 0 saturated heterocycles. The smallest absolute Gasteiger partial charge is 0.183 e. The van der Waals surface area contributed by atoms with E-state index < -0.39 is 55.3 Å². The zero-order valence-corrected chi connectivity index (χ0v) is 74.2. The summed E-state index contributed by atoms with van der Waals surface area (Å²) in [6.45, 7) is 0. The summed E-state index contributed by atoms with van der Waals surface area (Å²) < 4.78 is 0. The van der Waals surface area contributed by atoms with Gasteiger partial charge in [-0.3, -0.25) is 15.0 Å². The molecule has 13 heteroatoms. The zero-order valence-electron chi connectivity index (χ0n) is 60.4. The van der Waals surface area contributed by atoms with Crippen molar-refractivity contribution in [3.05, 3.63) is 425 Å². The van der Waals surface area contributed by atoms with Gasteiger partial charge in [-0.05, 0) is 93.8 Å². The van der Waals surface area contributed by atoms with Gasteiger partial charge < -0.3 is 0 Å². The molecule has 0 amide bonds. The molecule has 4 aliphatic heterocycles. The van der Waals surface area contributed by atoms with Crippen molar-refractivity contribution in [2.75, 3.05) is 0 Å². The number of hydrogen-bond donors (Lipinski definition) is 0. The van der Waals surface area contributed by atoms with Gasteiger partial charge in [0.1, 0.15) is 16.1 Å². The van der Waals surface area contributed by atoms with E-state index in [2.05, 4.69) is 406 Å². The summed E-state index contributed by atoms with van der Waals surface area (Å²) in [4.78, 5) is 15.4. The van der Waals surface area contributed by atoms with E-state index in [0.717, 1.165) is 0 Å². The molecular weight excluding hydrogens is 2010 g/mol. The summed E-state index contributed by atoms with van der Waals surface area (Å²) in [5.41, 5.74) is 2.52. The molecule has 14 aromatic carbocycles. The molecule has 9 heterocycles. The standard InChI is InChI=1S/C41H29NPSi2.2C29H19NPSi.3Ir/c1-5-17-31(18-6-1)44(32-19-7-2-8-20-32)36-26-14-13-25-35(36)43-40-37(44)27-15-28-38(40)45(33-21-9-3-10-22-33,34-23-11-4-12-24-34)39-29-16-30-42-41(39)43;1-3-11-21(12-4-1)32(22-13-5-2-6-14-22)26-18-8-7-17-25(26)31-28-23(15-9-19-27(28)32)24-16-10-20-30-29(24)31;1-3-11-21(12-4-1)32(22-13-5-2-6-14-22)26-18-9-16-24-23-15-7-8-17-25(23)31(28(24)26)29-27(32)19-10-20-30-29;;;/h1-24,26-30H;2*1-16,18-20H;;;/q3*-1;;;. The number of pyridine rings is 3. The van der Waals surface area contributed by atoms with Crippen molar-refractivity contribution in [3.8, 4) is 10.7 Å². The first-order chi connectivity index (χ1) is 54.2. The van der Waals surface area contributed by atoms with Gasteiger partial charge in [-0.2, -0.15) is 72.8 Å². The molecule has 23 rings (SSSR count). The first kappa shape index (κ1) is 73.8. The molecule has 0 saturated carbocycles. The molecule has 0 bridgehead atoms. The Kier molecular flexibility index (Phi) is 20.0. The minimum atomic E-state index is -2.76. The van der Waals surface area contributed by atoms with Crippen molar-refractivity contribution in [2.45, 2.75) is 0 Å². The third-order valence-corrected chi connectivity index (χ3v) is 52.0. The van der Waals surface area contributed by atoms with Crippen molar-refractivity contribution >= 4 is 196 Å². The summed E-state index contributed by atoms with van der Waals surface area (Å²) in [6.07, 6.45) is 5.94. The molecule has 3 unspecified atom stereocenters. The predicted molar refractivity (Wildman–Crippen MR) is 475 cm³/mol. The Labute approximate surface area is 700 Å². The van der Waals surface area contributed by atoms with Gasteiger partial charge in [-0.1, -0.05) is 357 Å². The van der Waals surface area contributed by atoms with Gasteiger partial charge in [-0.15, -0.1) is 31.5 Å². The van der Waals surface area contributed by atoms with Gasteiger partial charge in [0.05, 0.1) is 16.1 Å². The molecule has 5 aromatic heterocycles. The van der Waals surface area contributed by atoms with Crippen LogP contribution in [0.3, 0.4) is 0 Å². The second-order valence-electron chi connectivity index (χ2n) is 28.5. The van der Waals surface area contributed by atoms with Crippen LogP contribution in [-0.4, -0.2) is 47.2 Å². The van der Waals surface area contributed by atoms with E-state index in [4.69, 9.17) is 15.0 Å². The maximum absolute atomic E-state index is 5.34. The average molecular weight is 2080 g/mol.